The van der Waals surface area contributed by atoms with Crippen LogP contribution < -0.4 is 5.01 Å². The number of rotatable bonds is 5. The molecule has 1 heterocycles. The van der Waals surface area contributed by atoms with Gasteiger partial charge in [0.05, 0.1) is 11.4 Å². The van der Waals surface area contributed by atoms with E-state index in [-0.39, 0.29) is 5.91 Å². The Labute approximate surface area is 253 Å². The molecule has 5 aromatic rings. The van der Waals surface area contributed by atoms with Crippen molar-refractivity contribution in [2.24, 2.45) is 10.5 Å². The molecule has 0 saturated heterocycles. The lowest BCUT2D eigenvalue weighted by atomic mass is 9.66. The number of carbonyl (C=O) groups excluding carboxylic acids is 1. The number of allylic oxidation sites excluding steroid dienone is 2. The number of aryl methyl sites for hydroxylation is 3. The van der Waals surface area contributed by atoms with Crippen LogP contribution in [0.25, 0.3) is 16.7 Å². The molecule has 3 heteroatoms. The van der Waals surface area contributed by atoms with Crippen LogP contribution in [0.4, 0.5) is 5.69 Å². The number of hydrogen-bond donors (Lipinski definition) is 0. The molecule has 0 unspecified atom stereocenters. The van der Waals surface area contributed by atoms with Crippen molar-refractivity contribution in [3.05, 3.63) is 178 Å². The smallest absolute Gasteiger partial charge is 0.268 e. The minimum Gasteiger partial charge on any atom is -0.271 e. The van der Waals surface area contributed by atoms with E-state index in [4.69, 9.17) is 5.10 Å². The molecule has 0 radical (unpaired) electrons. The van der Waals surface area contributed by atoms with E-state index in [1.807, 2.05) is 67.6 Å². The highest BCUT2D eigenvalue weighted by atomic mass is 16.2. The van der Waals surface area contributed by atoms with Gasteiger partial charge in [0.2, 0.25) is 0 Å². The first-order chi connectivity index (χ1) is 21.0. The van der Waals surface area contributed by atoms with Gasteiger partial charge in [0.1, 0.15) is 5.41 Å². The summed E-state index contributed by atoms with van der Waals surface area (Å²) in [5, 5.41) is 6.85. The molecule has 5 aromatic carbocycles. The number of benzene rings is 5. The number of anilines is 1. The van der Waals surface area contributed by atoms with Crippen LogP contribution in [0, 0.1) is 26.2 Å². The number of amides is 1. The Morgan fingerprint density at radius 2 is 1.14 bits per heavy atom. The molecular weight excluding hydrogens is 524 g/mol. The minimum atomic E-state index is -1.18. The Bertz CT molecular complexity index is 1930. The molecule has 0 fully saturated rings. The van der Waals surface area contributed by atoms with Crippen molar-refractivity contribution in [1.82, 2.24) is 0 Å². The molecule has 3 nitrogen and oxygen atoms in total. The lowest BCUT2D eigenvalue weighted by Crippen LogP contribution is -2.41. The number of nitrogens with zero attached hydrogens (tertiary/aromatic N) is 2. The topological polar surface area (TPSA) is 32.7 Å². The number of carbonyl (C=O) groups is 1. The van der Waals surface area contributed by atoms with Gasteiger partial charge in [-0.2, -0.15) is 10.1 Å². The fourth-order valence-electron chi connectivity index (χ4n) is 6.39. The highest BCUT2D eigenvalue weighted by Gasteiger charge is 2.60. The number of hydrogen-bond acceptors (Lipinski definition) is 2. The molecule has 2 aliphatic rings. The van der Waals surface area contributed by atoms with Crippen LogP contribution in [0.3, 0.4) is 0 Å². The molecule has 1 atom stereocenters. The zero-order valence-electron chi connectivity index (χ0n) is 24.6. The van der Waals surface area contributed by atoms with E-state index in [1.165, 1.54) is 11.1 Å². The van der Waals surface area contributed by atoms with Crippen molar-refractivity contribution in [2.75, 3.05) is 5.01 Å². The summed E-state index contributed by atoms with van der Waals surface area (Å²) in [5.74, 6) is -0.0789. The molecule has 0 bridgehead atoms. The molecule has 208 valence electrons. The summed E-state index contributed by atoms with van der Waals surface area (Å²) < 4.78 is 0. The van der Waals surface area contributed by atoms with E-state index in [0.29, 0.717) is 0 Å². The Hall–Kier alpha value is -5.28. The second-order valence-electron chi connectivity index (χ2n) is 11.5. The molecule has 0 N–H and O–H groups in total. The molecule has 1 spiro atoms. The van der Waals surface area contributed by atoms with Crippen LogP contribution in [0.5, 0.6) is 0 Å². The van der Waals surface area contributed by atoms with Crippen LogP contribution in [0.2, 0.25) is 0 Å². The molecule has 1 amide bonds. The highest BCUT2D eigenvalue weighted by Crippen LogP contribution is 2.60. The van der Waals surface area contributed by atoms with Gasteiger partial charge in [0.25, 0.3) is 5.91 Å². The lowest BCUT2D eigenvalue weighted by Gasteiger charge is -2.32. The first-order valence-electron chi connectivity index (χ1n) is 14.7. The molecule has 0 saturated carbocycles. The van der Waals surface area contributed by atoms with Gasteiger partial charge in [-0.05, 0) is 83.5 Å². The molecule has 1 aliphatic carbocycles. The van der Waals surface area contributed by atoms with Crippen molar-refractivity contribution in [3.8, 4) is 0 Å². The summed E-state index contributed by atoms with van der Waals surface area (Å²) in [6.07, 6.45) is 2.23. The van der Waals surface area contributed by atoms with Crippen molar-refractivity contribution in [3.63, 3.8) is 0 Å². The van der Waals surface area contributed by atoms with Crippen molar-refractivity contribution in [1.29, 1.82) is 0 Å². The molecule has 43 heavy (non-hydrogen) atoms. The van der Waals surface area contributed by atoms with Gasteiger partial charge in [-0.3, -0.25) is 4.79 Å². The van der Waals surface area contributed by atoms with Gasteiger partial charge in [-0.15, -0.1) is 0 Å². The Morgan fingerprint density at radius 1 is 0.558 bits per heavy atom. The van der Waals surface area contributed by atoms with Gasteiger partial charge in [0, 0.05) is 0 Å². The Balaban J connectivity index is 1.61. The van der Waals surface area contributed by atoms with E-state index in [2.05, 4.69) is 92.7 Å². The fourth-order valence-corrected chi connectivity index (χ4v) is 6.39. The monoisotopic (exact) mass is 556 g/mol. The molecule has 0 aromatic heterocycles. The first kappa shape index (κ1) is 26.6. The maximum Gasteiger partial charge on any atom is 0.268 e. The maximum atomic E-state index is 15.4. The van der Waals surface area contributed by atoms with Gasteiger partial charge in [0.15, 0.2) is 0 Å². The Morgan fingerprint density at radius 3 is 1.74 bits per heavy atom. The molecular formula is C40H32N2O. The predicted octanol–water partition coefficient (Wildman–Crippen LogP) is 9.06. The summed E-state index contributed by atoms with van der Waals surface area (Å²) in [7, 11) is 0. The van der Waals surface area contributed by atoms with E-state index >= 15 is 4.79 Å². The first-order valence-corrected chi connectivity index (χ1v) is 14.7. The molecule has 1 aliphatic heterocycles. The zero-order valence-corrected chi connectivity index (χ0v) is 24.6. The summed E-state index contributed by atoms with van der Waals surface area (Å²) in [6, 6.07) is 45.6. The Kier molecular flexibility index (Phi) is 6.51. The summed E-state index contributed by atoms with van der Waals surface area (Å²) in [5.41, 5.74) is 10.7. The molecule has 7 rings (SSSR count). The fraction of sp³-hybridized carbons (Fsp3) is 0.100. The quantitative estimate of drug-likeness (QED) is 0.213. The maximum absolute atomic E-state index is 15.4. The standard InChI is InChI=1S/C40H32N2O/c1-27-17-21-30(22-18-27)35-26-36(31-12-6-4-7-13-31)40(37(35)32-23-19-28(2)20-24-32)38(33-14-8-5-9-15-33)41-42(39(40)43)34-16-10-11-29(3)25-34/h4-26H,1-3H3/t40-/m1/s1. The average Bonchev–Trinajstić information content (AvgIpc) is 3.54. The van der Waals surface area contributed by atoms with Crippen molar-refractivity contribution < 1.29 is 4.79 Å². The third-order valence-corrected chi connectivity index (χ3v) is 8.49. The van der Waals surface area contributed by atoms with Gasteiger partial charge in [-0.1, -0.05) is 132 Å². The van der Waals surface area contributed by atoms with Crippen LogP contribution in [0.1, 0.15) is 38.9 Å². The third-order valence-electron chi connectivity index (χ3n) is 8.49. The SMILES string of the molecule is Cc1ccc(C2=C(c3ccc(C)cc3)[C@]3(C(=O)N(c4cccc(C)c4)N=C3c3ccccc3)C(c3ccccc3)=C2)cc1. The summed E-state index contributed by atoms with van der Waals surface area (Å²) in [4.78, 5) is 15.4. The second kappa shape index (κ2) is 10.5. The van der Waals surface area contributed by atoms with Gasteiger partial charge >= 0.3 is 0 Å². The van der Waals surface area contributed by atoms with E-state index in [9.17, 15) is 0 Å². The van der Waals surface area contributed by atoms with Crippen LogP contribution in [0.15, 0.2) is 145 Å². The minimum absolute atomic E-state index is 0.0789. The van der Waals surface area contributed by atoms with E-state index in [1.54, 1.807) is 5.01 Å². The normalized spacial score (nSPS) is 17.9. The van der Waals surface area contributed by atoms with Crippen LogP contribution >= 0.6 is 0 Å². The third kappa shape index (κ3) is 4.36. The lowest BCUT2D eigenvalue weighted by molar-refractivity contribution is -0.120. The number of hydrazone groups is 1. The van der Waals surface area contributed by atoms with Crippen molar-refractivity contribution in [2.45, 2.75) is 20.8 Å². The van der Waals surface area contributed by atoms with Crippen LogP contribution in [-0.4, -0.2) is 11.6 Å². The van der Waals surface area contributed by atoms with E-state index < -0.39 is 5.41 Å². The predicted molar refractivity (Wildman–Crippen MR) is 178 cm³/mol. The average molecular weight is 557 g/mol. The zero-order chi connectivity index (χ0) is 29.6. The van der Waals surface area contributed by atoms with Crippen molar-refractivity contribution >= 4 is 34.0 Å². The summed E-state index contributed by atoms with van der Waals surface area (Å²) >= 11 is 0. The van der Waals surface area contributed by atoms with E-state index in [0.717, 1.165) is 55.9 Å². The largest absolute Gasteiger partial charge is 0.271 e. The summed E-state index contributed by atoms with van der Waals surface area (Å²) in [6.45, 7) is 6.23. The highest BCUT2D eigenvalue weighted by molar-refractivity contribution is 6.42. The van der Waals surface area contributed by atoms with Crippen LogP contribution in [-0.2, 0) is 4.79 Å². The second-order valence-corrected chi connectivity index (χ2v) is 11.5. The van der Waals surface area contributed by atoms with Gasteiger partial charge < -0.3 is 0 Å². The van der Waals surface area contributed by atoms with Gasteiger partial charge in [-0.25, -0.2) is 0 Å².